The van der Waals surface area contributed by atoms with Crippen LogP contribution in [0, 0.1) is 6.92 Å². The van der Waals surface area contributed by atoms with Crippen molar-refractivity contribution in [2.24, 2.45) is 0 Å². The molecule has 1 aromatic rings. The molecule has 1 aliphatic carbocycles. The van der Waals surface area contributed by atoms with E-state index in [1.165, 1.54) is 5.56 Å². The van der Waals surface area contributed by atoms with Gasteiger partial charge in [0.2, 0.25) is 0 Å². The molecule has 1 aromatic heterocycles. The first kappa shape index (κ1) is 6.40. The van der Waals surface area contributed by atoms with Gasteiger partial charge in [-0.2, -0.15) is 5.10 Å². The molecule has 2 heteroatoms. The maximum Gasteiger partial charge on any atom is 0.0920 e. The number of nitrogens with one attached hydrogen (secondary N) is 1. The number of nitrogens with zero attached hydrogens (tertiary/aromatic N) is 1. The predicted octanol–water partition coefficient (Wildman–Crippen LogP) is 2.15. The van der Waals surface area contributed by atoms with Crippen molar-refractivity contribution in [2.45, 2.75) is 13.3 Å². The van der Waals surface area contributed by atoms with Gasteiger partial charge >= 0.3 is 0 Å². The summed E-state index contributed by atoms with van der Waals surface area (Å²) < 4.78 is 0. The van der Waals surface area contributed by atoms with E-state index in [9.17, 15) is 0 Å². The Morgan fingerprint density at radius 1 is 1.36 bits per heavy atom. The minimum absolute atomic E-state index is 1.01. The summed E-state index contributed by atoms with van der Waals surface area (Å²) in [6.45, 7) is 2.04. The average Bonchev–Trinajstić information content (AvgIpc) is 2.25. The van der Waals surface area contributed by atoms with Gasteiger partial charge in [0.1, 0.15) is 0 Å². The van der Waals surface area contributed by atoms with Gasteiger partial charge in [-0.15, -0.1) is 0 Å². The van der Waals surface area contributed by atoms with Crippen LogP contribution in [0.2, 0.25) is 0 Å². The maximum absolute atomic E-state index is 4.15. The summed E-state index contributed by atoms with van der Waals surface area (Å²) in [5.74, 6) is 0. The Labute approximate surface area is 65.6 Å². The third kappa shape index (κ3) is 1.00. The van der Waals surface area contributed by atoms with Crippen LogP contribution in [-0.2, 0) is 0 Å². The lowest BCUT2D eigenvalue weighted by molar-refractivity contribution is 1.04. The summed E-state index contributed by atoms with van der Waals surface area (Å²) in [4.78, 5) is 0. The molecule has 56 valence electrons. The van der Waals surface area contributed by atoms with Crippen LogP contribution in [0.25, 0.3) is 12.2 Å². The topological polar surface area (TPSA) is 28.7 Å². The fourth-order valence-corrected chi connectivity index (χ4v) is 1.24. The van der Waals surface area contributed by atoms with E-state index in [4.69, 9.17) is 0 Å². The van der Waals surface area contributed by atoms with Crippen LogP contribution in [0.5, 0.6) is 0 Å². The van der Waals surface area contributed by atoms with Gasteiger partial charge in [0.25, 0.3) is 0 Å². The predicted molar refractivity (Wildman–Crippen MR) is 46.0 cm³/mol. The summed E-state index contributed by atoms with van der Waals surface area (Å²) in [7, 11) is 0. The number of fused-ring (bicyclic) bond motifs is 1. The normalized spacial score (nSPS) is 14.6. The number of aryl methyl sites for hydroxylation is 1. The monoisotopic (exact) mass is 146 g/mol. The largest absolute Gasteiger partial charge is 0.282 e. The molecule has 0 spiro atoms. The number of aromatic nitrogens is 2. The third-order valence-electron chi connectivity index (χ3n) is 1.86. The third-order valence-corrected chi connectivity index (χ3v) is 1.86. The number of rotatable bonds is 0. The van der Waals surface area contributed by atoms with E-state index in [0.717, 1.165) is 17.8 Å². The highest BCUT2D eigenvalue weighted by molar-refractivity contribution is 5.66. The first-order valence-electron chi connectivity index (χ1n) is 3.76. The lowest BCUT2D eigenvalue weighted by Gasteiger charge is -1.87. The fourth-order valence-electron chi connectivity index (χ4n) is 1.24. The lowest BCUT2D eigenvalue weighted by atomic mass is 10.2. The van der Waals surface area contributed by atoms with Crippen molar-refractivity contribution in [3.8, 4) is 0 Å². The van der Waals surface area contributed by atoms with E-state index in [1.54, 1.807) is 0 Å². The zero-order chi connectivity index (χ0) is 7.68. The highest BCUT2D eigenvalue weighted by Gasteiger charge is 2.04. The Hall–Kier alpha value is -1.31. The van der Waals surface area contributed by atoms with Crippen LogP contribution in [0.1, 0.15) is 23.4 Å². The minimum atomic E-state index is 1.01. The Morgan fingerprint density at radius 3 is 3.09 bits per heavy atom. The fraction of sp³-hybridized carbons (Fsp3) is 0.222. The lowest BCUT2D eigenvalue weighted by Crippen LogP contribution is -1.74. The molecule has 0 radical (unpaired) electrons. The van der Waals surface area contributed by atoms with Crippen molar-refractivity contribution in [2.75, 3.05) is 0 Å². The first-order valence-corrected chi connectivity index (χ1v) is 3.76. The summed E-state index contributed by atoms with van der Waals surface area (Å²) in [5.41, 5.74) is 3.41. The van der Waals surface area contributed by atoms with Crippen LogP contribution in [0.4, 0.5) is 0 Å². The Balaban J connectivity index is 2.60. The molecule has 0 aromatic carbocycles. The molecule has 1 heterocycles. The van der Waals surface area contributed by atoms with Crippen molar-refractivity contribution < 1.29 is 0 Å². The Morgan fingerprint density at radius 2 is 2.18 bits per heavy atom. The molecule has 2 nitrogen and oxygen atoms in total. The van der Waals surface area contributed by atoms with Crippen LogP contribution >= 0.6 is 0 Å². The van der Waals surface area contributed by atoms with E-state index in [0.29, 0.717) is 0 Å². The van der Waals surface area contributed by atoms with Crippen molar-refractivity contribution in [1.82, 2.24) is 10.2 Å². The van der Waals surface area contributed by atoms with Crippen LogP contribution < -0.4 is 0 Å². The Kier molecular flexibility index (Phi) is 1.39. The summed E-state index contributed by atoms with van der Waals surface area (Å²) in [5, 5.41) is 7.11. The standard InChI is InChI=1S/C9H10N2/c1-7-8-5-3-2-4-6-9(8)11-10-7/h3-6H,2H2,1H3,(H,10,11). The van der Waals surface area contributed by atoms with Gasteiger partial charge in [0.15, 0.2) is 0 Å². The molecule has 1 N–H and O–H groups in total. The number of hydrogen-bond acceptors (Lipinski definition) is 1. The van der Waals surface area contributed by atoms with E-state index in [1.807, 2.05) is 6.92 Å². The van der Waals surface area contributed by atoms with Crippen LogP contribution in [-0.4, -0.2) is 10.2 Å². The van der Waals surface area contributed by atoms with Gasteiger partial charge in [-0.1, -0.05) is 18.2 Å². The Bertz CT molecular complexity index is 318. The zero-order valence-electron chi connectivity index (χ0n) is 6.46. The maximum atomic E-state index is 4.15. The van der Waals surface area contributed by atoms with E-state index in [2.05, 4.69) is 34.5 Å². The zero-order valence-corrected chi connectivity index (χ0v) is 6.46. The molecular weight excluding hydrogens is 136 g/mol. The number of aromatic amines is 1. The molecule has 0 unspecified atom stereocenters. The molecule has 2 rings (SSSR count). The van der Waals surface area contributed by atoms with Gasteiger partial charge in [0, 0.05) is 11.3 Å². The number of allylic oxidation sites excluding steroid dienone is 2. The molecule has 0 fully saturated rings. The van der Waals surface area contributed by atoms with Gasteiger partial charge in [-0.25, -0.2) is 0 Å². The molecular formula is C9H10N2. The van der Waals surface area contributed by atoms with E-state index < -0.39 is 0 Å². The van der Waals surface area contributed by atoms with Gasteiger partial charge in [0.05, 0.1) is 5.69 Å². The quantitative estimate of drug-likeness (QED) is 0.597. The molecule has 11 heavy (non-hydrogen) atoms. The number of hydrogen-bond donors (Lipinski definition) is 1. The highest BCUT2D eigenvalue weighted by atomic mass is 15.1. The molecule has 0 saturated carbocycles. The van der Waals surface area contributed by atoms with Crippen molar-refractivity contribution in [1.29, 1.82) is 0 Å². The van der Waals surface area contributed by atoms with Crippen molar-refractivity contribution in [3.05, 3.63) is 29.1 Å². The molecule has 0 amide bonds. The minimum Gasteiger partial charge on any atom is -0.282 e. The second-order valence-electron chi connectivity index (χ2n) is 2.69. The van der Waals surface area contributed by atoms with Crippen LogP contribution in [0.15, 0.2) is 12.2 Å². The summed E-state index contributed by atoms with van der Waals surface area (Å²) in [6, 6.07) is 0. The second kappa shape index (κ2) is 2.38. The SMILES string of the molecule is Cc1[nH]nc2c1C=CCC=C2. The van der Waals surface area contributed by atoms with E-state index >= 15 is 0 Å². The average molecular weight is 146 g/mol. The molecule has 0 bridgehead atoms. The van der Waals surface area contributed by atoms with Crippen LogP contribution in [0.3, 0.4) is 0 Å². The van der Waals surface area contributed by atoms with Crippen molar-refractivity contribution in [3.63, 3.8) is 0 Å². The molecule has 1 aliphatic rings. The van der Waals surface area contributed by atoms with Crippen molar-refractivity contribution >= 4 is 12.2 Å². The van der Waals surface area contributed by atoms with Gasteiger partial charge in [-0.05, 0) is 19.4 Å². The summed E-state index contributed by atoms with van der Waals surface area (Å²) >= 11 is 0. The summed E-state index contributed by atoms with van der Waals surface area (Å²) in [6.07, 6.45) is 9.44. The van der Waals surface area contributed by atoms with E-state index in [-0.39, 0.29) is 0 Å². The van der Waals surface area contributed by atoms with Gasteiger partial charge in [-0.3, -0.25) is 5.10 Å². The molecule has 0 aliphatic heterocycles. The molecule has 0 saturated heterocycles. The highest BCUT2D eigenvalue weighted by Crippen LogP contribution is 2.17. The second-order valence-corrected chi connectivity index (χ2v) is 2.69. The molecule has 0 atom stereocenters. The number of H-pyrrole nitrogens is 1. The van der Waals surface area contributed by atoms with Gasteiger partial charge < -0.3 is 0 Å². The first-order chi connectivity index (χ1) is 5.38. The smallest absolute Gasteiger partial charge is 0.0920 e.